The lowest BCUT2D eigenvalue weighted by atomic mass is 9.86. The van der Waals surface area contributed by atoms with Gasteiger partial charge in [0.1, 0.15) is 0 Å². The van der Waals surface area contributed by atoms with Crippen LogP contribution in [0.2, 0.25) is 0 Å². The Kier molecular flexibility index (Phi) is 7.13. The minimum absolute atomic E-state index is 0. The first-order chi connectivity index (χ1) is 11.3. The molecule has 0 bridgehead atoms. The van der Waals surface area contributed by atoms with E-state index in [1.54, 1.807) is 6.20 Å². The van der Waals surface area contributed by atoms with E-state index in [1.165, 1.54) is 32.1 Å². The van der Waals surface area contributed by atoms with E-state index in [1.807, 2.05) is 20.0 Å². The summed E-state index contributed by atoms with van der Waals surface area (Å²) < 4.78 is 5.60. The maximum absolute atomic E-state index is 5.60. The van der Waals surface area contributed by atoms with Crippen LogP contribution in [0.15, 0.2) is 23.3 Å². The fraction of sp³-hybridized carbons (Fsp3) is 0.667. The second kappa shape index (κ2) is 8.87. The molecule has 0 amide bonds. The summed E-state index contributed by atoms with van der Waals surface area (Å²) in [5.74, 6) is 1.71. The molecule has 2 fully saturated rings. The number of nitrogens with zero attached hydrogens (tertiary/aromatic N) is 3. The molecule has 0 radical (unpaired) electrons. The van der Waals surface area contributed by atoms with Crippen molar-refractivity contribution in [3.05, 3.63) is 23.9 Å². The number of halogens is 1. The molecule has 1 aromatic heterocycles. The highest BCUT2D eigenvalue weighted by Gasteiger charge is 2.41. The first kappa shape index (κ1) is 19.3. The third-order valence-corrected chi connectivity index (χ3v) is 5.18. The molecule has 24 heavy (non-hydrogen) atoms. The van der Waals surface area contributed by atoms with Crippen LogP contribution in [0.25, 0.3) is 0 Å². The van der Waals surface area contributed by atoms with Crippen LogP contribution in [0, 0.1) is 5.41 Å². The van der Waals surface area contributed by atoms with Crippen LogP contribution in [-0.4, -0.2) is 42.6 Å². The largest absolute Gasteiger partial charge is 0.478 e. The Labute approximate surface area is 162 Å². The van der Waals surface area contributed by atoms with Crippen LogP contribution in [0.3, 0.4) is 0 Å². The molecule has 0 atom stereocenters. The van der Waals surface area contributed by atoms with Crippen molar-refractivity contribution in [1.82, 2.24) is 15.2 Å². The normalized spacial score (nSPS) is 19.4. The predicted molar refractivity (Wildman–Crippen MR) is 108 cm³/mol. The lowest BCUT2D eigenvalue weighted by Crippen LogP contribution is -2.40. The van der Waals surface area contributed by atoms with Crippen molar-refractivity contribution < 1.29 is 4.74 Å². The third-order valence-electron chi connectivity index (χ3n) is 5.18. The zero-order chi connectivity index (χ0) is 16.1. The summed E-state index contributed by atoms with van der Waals surface area (Å²) in [6.45, 7) is 5.58. The molecule has 6 heteroatoms. The minimum Gasteiger partial charge on any atom is -0.478 e. The quantitative estimate of drug-likeness (QED) is 0.439. The Bertz CT molecular complexity index is 558. The Morgan fingerprint density at radius 3 is 2.88 bits per heavy atom. The number of hydrogen-bond donors (Lipinski definition) is 1. The molecule has 1 aromatic rings. The molecule has 1 spiro atoms. The van der Waals surface area contributed by atoms with Crippen molar-refractivity contribution >= 4 is 29.9 Å². The van der Waals surface area contributed by atoms with E-state index in [-0.39, 0.29) is 24.0 Å². The highest BCUT2D eigenvalue weighted by Crippen LogP contribution is 2.45. The van der Waals surface area contributed by atoms with Gasteiger partial charge >= 0.3 is 0 Å². The van der Waals surface area contributed by atoms with E-state index >= 15 is 0 Å². The van der Waals surface area contributed by atoms with E-state index in [0.717, 1.165) is 24.6 Å². The summed E-state index contributed by atoms with van der Waals surface area (Å²) in [5, 5.41) is 3.49. The lowest BCUT2D eigenvalue weighted by molar-refractivity contribution is 0.308. The minimum atomic E-state index is 0. The van der Waals surface area contributed by atoms with Crippen molar-refractivity contribution in [2.75, 3.05) is 26.7 Å². The monoisotopic (exact) mass is 444 g/mol. The molecule has 2 heterocycles. The summed E-state index contributed by atoms with van der Waals surface area (Å²) in [7, 11) is 1.87. The first-order valence-corrected chi connectivity index (χ1v) is 8.79. The number of pyridine rings is 1. The van der Waals surface area contributed by atoms with E-state index in [4.69, 9.17) is 4.74 Å². The third kappa shape index (κ3) is 4.32. The van der Waals surface area contributed by atoms with E-state index in [0.29, 0.717) is 24.4 Å². The highest BCUT2D eigenvalue weighted by molar-refractivity contribution is 14.0. The van der Waals surface area contributed by atoms with Crippen molar-refractivity contribution in [3.8, 4) is 5.88 Å². The van der Waals surface area contributed by atoms with Gasteiger partial charge in [-0.15, -0.1) is 24.0 Å². The van der Waals surface area contributed by atoms with Crippen molar-refractivity contribution in [1.29, 1.82) is 0 Å². The molecule has 0 aromatic carbocycles. The second-order valence-corrected chi connectivity index (χ2v) is 6.68. The summed E-state index contributed by atoms with van der Waals surface area (Å²) in [5.41, 5.74) is 1.63. The van der Waals surface area contributed by atoms with Gasteiger partial charge in [0.25, 0.3) is 0 Å². The maximum atomic E-state index is 5.60. The molecular weight excluding hydrogens is 415 g/mol. The standard InChI is InChI=1S/C18H28N4O.HI/c1-3-23-16-15(7-6-11-20-16)13-21-17(19-2)22-12-10-18(14-22)8-4-5-9-18;/h6-7,11H,3-5,8-10,12-14H2,1-2H3,(H,19,21);1H. The van der Waals surface area contributed by atoms with Crippen LogP contribution in [0.1, 0.15) is 44.6 Å². The average molecular weight is 444 g/mol. The molecule has 1 aliphatic heterocycles. The van der Waals surface area contributed by atoms with Gasteiger partial charge in [-0.3, -0.25) is 4.99 Å². The van der Waals surface area contributed by atoms with Gasteiger partial charge in [0, 0.05) is 38.4 Å². The van der Waals surface area contributed by atoms with Gasteiger partial charge in [-0.25, -0.2) is 4.98 Å². The second-order valence-electron chi connectivity index (χ2n) is 6.68. The van der Waals surface area contributed by atoms with Gasteiger partial charge in [0.2, 0.25) is 5.88 Å². The summed E-state index contributed by atoms with van der Waals surface area (Å²) in [6.07, 6.45) is 8.65. The zero-order valence-electron chi connectivity index (χ0n) is 14.8. The molecule has 1 aliphatic carbocycles. The molecule has 1 N–H and O–H groups in total. The molecule has 1 saturated carbocycles. The van der Waals surface area contributed by atoms with Crippen molar-refractivity contribution in [3.63, 3.8) is 0 Å². The fourth-order valence-electron chi connectivity index (χ4n) is 3.98. The van der Waals surface area contributed by atoms with E-state index in [9.17, 15) is 0 Å². The number of nitrogens with one attached hydrogen (secondary N) is 1. The molecule has 0 unspecified atom stereocenters. The van der Waals surface area contributed by atoms with Crippen molar-refractivity contribution in [2.45, 2.75) is 45.6 Å². The molecule has 5 nitrogen and oxygen atoms in total. The predicted octanol–water partition coefficient (Wildman–Crippen LogP) is 3.44. The summed E-state index contributed by atoms with van der Waals surface area (Å²) in [4.78, 5) is 11.2. The number of ether oxygens (including phenoxy) is 1. The summed E-state index contributed by atoms with van der Waals surface area (Å²) >= 11 is 0. The van der Waals surface area contributed by atoms with Gasteiger partial charge in [-0.1, -0.05) is 18.9 Å². The average Bonchev–Trinajstić information content (AvgIpc) is 3.20. The van der Waals surface area contributed by atoms with E-state index in [2.05, 4.69) is 26.3 Å². The first-order valence-electron chi connectivity index (χ1n) is 8.79. The Morgan fingerprint density at radius 1 is 1.38 bits per heavy atom. The zero-order valence-corrected chi connectivity index (χ0v) is 17.1. The number of rotatable bonds is 4. The van der Waals surface area contributed by atoms with Crippen LogP contribution in [-0.2, 0) is 6.54 Å². The Hall–Kier alpha value is -1.05. The smallest absolute Gasteiger partial charge is 0.218 e. The number of aliphatic imine (C=N–C) groups is 1. The van der Waals surface area contributed by atoms with E-state index < -0.39 is 0 Å². The van der Waals surface area contributed by atoms with Crippen LogP contribution >= 0.6 is 24.0 Å². The van der Waals surface area contributed by atoms with Crippen LogP contribution in [0.4, 0.5) is 0 Å². The molecule has 134 valence electrons. The number of guanidine groups is 1. The van der Waals surface area contributed by atoms with Gasteiger partial charge in [0.15, 0.2) is 5.96 Å². The fourth-order valence-corrected chi connectivity index (χ4v) is 3.98. The Morgan fingerprint density at radius 2 is 2.17 bits per heavy atom. The van der Waals surface area contributed by atoms with Crippen LogP contribution < -0.4 is 10.1 Å². The SMILES string of the molecule is CCOc1ncccc1CNC(=NC)N1CCC2(CCCC2)C1.I. The molecule has 1 saturated heterocycles. The maximum Gasteiger partial charge on any atom is 0.218 e. The number of likely N-dealkylation sites (tertiary alicyclic amines) is 1. The Balaban J connectivity index is 0.00000208. The number of hydrogen-bond acceptors (Lipinski definition) is 3. The summed E-state index contributed by atoms with van der Waals surface area (Å²) in [6, 6.07) is 4.01. The highest BCUT2D eigenvalue weighted by atomic mass is 127. The van der Waals surface area contributed by atoms with Crippen LogP contribution in [0.5, 0.6) is 5.88 Å². The molecule has 2 aliphatic rings. The van der Waals surface area contributed by atoms with Crippen molar-refractivity contribution in [2.24, 2.45) is 10.4 Å². The van der Waals surface area contributed by atoms with Gasteiger partial charge in [0.05, 0.1) is 6.61 Å². The number of aromatic nitrogens is 1. The molecular formula is C18H29IN4O. The topological polar surface area (TPSA) is 49.8 Å². The van der Waals surface area contributed by atoms with Gasteiger partial charge in [-0.2, -0.15) is 0 Å². The molecule has 3 rings (SSSR count). The van der Waals surface area contributed by atoms with Gasteiger partial charge < -0.3 is 15.0 Å². The lowest BCUT2D eigenvalue weighted by Gasteiger charge is -2.26. The van der Waals surface area contributed by atoms with Gasteiger partial charge in [-0.05, 0) is 37.7 Å².